The number of benzene rings is 2. The fourth-order valence-corrected chi connectivity index (χ4v) is 4.18. The van der Waals surface area contributed by atoms with E-state index in [-0.39, 0.29) is 12.2 Å². The number of rotatable bonds is 8. The van der Waals surface area contributed by atoms with Crippen molar-refractivity contribution in [3.05, 3.63) is 53.6 Å². The molecule has 2 aromatic carbocycles. The van der Waals surface area contributed by atoms with E-state index in [0.717, 1.165) is 28.0 Å². The maximum Gasteiger partial charge on any atom is 0.328 e. The zero-order valence-corrected chi connectivity index (χ0v) is 17.6. The first-order chi connectivity index (χ1) is 14.5. The Labute approximate surface area is 176 Å². The molecule has 0 radical (unpaired) electrons. The maximum absolute atomic E-state index is 11.2. The van der Waals surface area contributed by atoms with Gasteiger partial charge in [0.25, 0.3) is 0 Å². The van der Waals surface area contributed by atoms with Gasteiger partial charge < -0.3 is 28.8 Å². The molecule has 1 fully saturated rings. The molecule has 0 aromatic heterocycles. The molecule has 0 amide bonds. The van der Waals surface area contributed by atoms with E-state index < -0.39 is 24.3 Å². The van der Waals surface area contributed by atoms with Crippen LogP contribution in [-0.2, 0) is 28.5 Å². The van der Waals surface area contributed by atoms with Crippen molar-refractivity contribution in [2.75, 3.05) is 35.0 Å². The molecule has 2 aromatic rings. The SMILES string of the molecule is COC[C@H]1O[C@H](c2ccc3ccccc3c2/C=C/C(=O)O)[C@@H](OC)[C@@H](OC)[C@@H]1OC. The molecule has 0 bridgehead atoms. The van der Waals surface area contributed by atoms with E-state index in [1.807, 2.05) is 36.4 Å². The molecule has 0 aliphatic carbocycles. The fraction of sp³-hybridized carbons (Fsp3) is 0.435. The number of hydrogen-bond donors (Lipinski definition) is 1. The van der Waals surface area contributed by atoms with Gasteiger partial charge in [0.05, 0.1) is 6.61 Å². The number of carboxylic acids is 1. The lowest BCUT2D eigenvalue weighted by Crippen LogP contribution is -2.57. The second-order valence-electron chi connectivity index (χ2n) is 7.11. The van der Waals surface area contributed by atoms with Gasteiger partial charge in [0, 0.05) is 34.5 Å². The Balaban J connectivity index is 2.16. The number of ether oxygens (including phenoxy) is 5. The lowest BCUT2D eigenvalue weighted by Gasteiger charge is -2.45. The number of aliphatic carboxylic acids is 1. The van der Waals surface area contributed by atoms with Gasteiger partial charge in [-0.1, -0.05) is 36.4 Å². The third-order valence-corrected chi connectivity index (χ3v) is 5.48. The van der Waals surface area contributed by atoms with Gasteiger partial charge in [-0.3, -0.25) is 0 Å². The Morgan fingerprint density at radius 3 is 2.33 bits per heavy atom. The van der Waals surface area contributed by atoms with Crippen LogP contribution in [0.5, 0.6) is 0 Å². The first-order valence-corrected chi connectivity index (χ1v) is 9.71. The summed E-state index contributed by atoms with van der Waals surface area (Å²) in [6.45, 7) is 0.319. The minimum Gasteiger partial charge on any atom is -0.478 e. The van der Waals surface area contributed by atoms with Crippen molar-refractivity contribution in [3.8, 4) is 0 Å². The van der Waals surface area contributed by atoms with E-state index in [0.29, 0.717) is 6.61 Å². The summed E-state index contributed by atoms with van der Waals surface area (Å²) in [5.41, 5.74) is 1.58. The van der Waals surface area contributed by atoms with E-state index >= 15 is 0 Å². The average molecular weight is 416 g/mol. The van der Waals surface area contributed by atoms with Crippen molar-refractivity contribution in [1.82, 2.24) is 0 Å². The molecule has 7 heteroatoms. The van der Waals surface area contributed by atoms with Crippen LogP contribution in [0.2, 0.25) is 0 Å². The number of carboxylic acid groups (broad SMARTS) is 1. The lowest BCUT2D eigenvalue weighted by atomic mass is 9.86. The quantitative estimate of drug-likeness (QED) is 0.662. The Hall–Kier alpha value is -2.29. The summed E-state index contributed by atoms with van der Waals surface area (Å²) in [6, 6.07) is 11.8. The molecule has 3 rings (SSSR count). The van der Waals surface area contributed by atoms with Gasteiger partial charge in [-0.15, -0.1) is 0 Å². The molecule has 0 unspecified atom stereocenters. The lowest BCUT2D eigenvalue weighted by molar-refractivity contribution is -0.252. The van der Waals surface area contributed by atoms with Crippen LogP contribution < -0.4 is 0 Å². The van der Waals surface area contributed by atoms with Gasteiger partial charge in [0.2, 0.25) is 0 Å². The molecule has 1 saturated heterocycles. The average Bonchev–Trinajstić information content (AvgIpc) is 2.76. The molecule has 0 spiro atoms. The molecule has 1 aliphatic heterocycles. The summed E-state index contributed by atoms with van der Waals surface area (Å²) in [6.07, 6.45) is 0.594. The molecular formula is C23H28O7. The van der Waals surface area contributed by atoms with E-state index in [9.17, 15) is 9.90 Å². The van der Waals surface area contributed by atoms with Gasteiger partial charge >= 0.3 is 5.97 Å². The second-order valence-corrected chi connectivity index (χ2v) is 7.11. The first kappa shape index (κ1) is 22.4. The summed E-state index contributed by atoms with van der Waals surface area (Å²) in [5, 5.41) is 11.1. The van der Waals surface area contributed by atoms with Crippen LogP contribution in [0.1, 0.15) is 17.2 Å². The van der Waals surface area contributed by atoms with Gasteiger partial charge in [-0.25, -0.2) is 4.79 Å². The van der Waals surface area contributed by atoms with Crippen LogP contribution in [0.25, 0.3) is 16.8 Å². The van der Waals surface area contributed by atoms with Gasteiger partial charge in [-0.2, -0.15) is 0 Å². The highest BCUT2D eigenvalue weighted by Crippen LogP contribution is 2.40. The Kier molecular flexibility index (Phi) is 7.58. The highest BCUT2D eigenvalue weighted by atomic mass is 16.6. The molecule has 1 aliphatic rings. The maximum atomic E-state index is 11.2. The summed E-state index contributed by atoms with van der Waals surface area (Å²) >= 11 is 0. The van der Waals surface area contributed by atoms with Gasteiger partial charge in [-0.05, 0) is 28.0 Å². The zero-order chi connectivity index (χ0) is 21.7. The van der Waals surface area contributed by atoms with Crippen molar-refractivity contribution in [3.63, 3.8) is 0 Å². The summed E-state index contributed by atoms with van der Waals surface area (Å²) < 4.78 is 29.0. The third kappa shape index (κ3) is 4.40. The number of carbonyl (C=O) groups is 1. The van der Waals surface area contributed by atoms with Crippen molar-refractivity contribution in [1.29, 1.82) is 0 Å². The predicted octanol–water partition coefficient (Wildman–Crippen LogP) is 3.07. The van der Waals surface area contributed by atoms with Crippen molar-refractivity contribution in [2.24, 2.45) is 0 Å². The normalized spacial score (nSPS) is 27.0. The fourth-order valence-electron chi connectivity index (χ4n) is 4.18. The van der Waals surface area contributed by atoms with Crippen LogP contribution >= 0.6 is 0 Å². The van der Waals surface area contributed by atoms with Crippen LogP contribution in [-0.4, -0.2) is 70.5 Å². The Bertz CT molecular complexity index is 894. The molecule has 1 N–H and O–H groups in total. The van der Waals surface area contributed by atoms with E-state index in [1.54, 1.807) is 34.5 Å². The standard InChI is InChI=1S/C23H28O7/c1-26-13-18-21(27-2)23(29-4)22(28-3)20(30-18)17-10-9-14-7-5-6-8-15(14)16(17)11-12-19(24)25/h5-12,18,20-23H,13H2,1-4H3,(H,24,25)/b12-11+/t18-,20-,21-,22-,23+/m1/s1. The van der Waals surface area contributed by atoms with Crippen LogP contribution in [0.15, 0.2) is 42.5 Å². The molecular weight excluding hydrogens is 388 g/mol. The number of methoxy groups -OCH3 is 4. The van der Waals surface area contributed by atoms with Gasteiger partial charge in [0.1, 0.15) is 30.5 Å². The van der Waals surface area contributed by atoms with E-state index in [1.165, 1.54) is 0 Å². The van der Waals surface area contributed by atoms with Crippen molar-refractivity contribution >= 4 is 22.8 Å². The van der Waals surface area contributed by atoms with Crippen LogP contribution in [0.3, 0.4) is 0 Å². The smallest absolute Gasteiger partial charge is 0.328 e. The van der Waals surface area contributed by atoms with Crippen molar-refractivity contribution in [2.45, 2.75) is 30.5 Å². The highest BCUT2D eigenvalue weighted by Gasteiger charge is 2.48. The summed E-state index contributed by atoms with van der Waals surface area (Å²) in [5.74, 6) is -1.02. The largest absolute Gasteiger partial charge is 0.478 e. The van der Waals surface area contributed by atoms with E-state index in [4.69, 9.17) is 23.7 Å². The molecule has 30 heavy (non-hydrogen) atoms. The summed E-state index contributed by atoms with van der Waals surface area (Å²) in [4.78, 5) is 11.2. The summed E-state index contributed by atoms with van der Waals surface area (Å²) in [7, 11) is 6.42. The molecule has 7 nitrogen and oxygen atoms in total. The second kappa shape index (κ2) is 10.1. The molecule has 1 heterocycles. The Morgan fingerprint density at radius 1 is 1.00 bits per heavy atom. The Morgan fingerprint density at radius 2 is 1.70 bits per heavy atom. The van der Waals surface area contributed by atoms with Crippen LogP contribution in [0, 0.1) is 0 Å². The number of hydrogen-bond acceptors (Lipinski definition) is 6. The predicted molar refractivity (Wildman–Crippen MR) is 112 cm³/mol. The molecule has 5 atom stereocenters. The van der Waals surface area contributed by atoms with Crippen LogP contribution in [0.4, 0.5) is 0 Å². The van der Waals surface area contributed by atoms with Gasteiger partial charge in [0.15, 0.2) is 0 Å². The third-order valence-electron chi connectivity index (χ3n) is 5.48. The zero-order valence-electron chi connectivity index (χ0n) is 17.6. The van der Waals surface area contributed by atoms with E-state index in [2.05, 4.69) is 0 Å². The highest BCUT2D eigenvalue weighted by molar-refractivity contribution is 5.95. The topological polar surface area (TPSA) is 83.5 Å². The number of fused-ring (bicyclic) bond motifs is 1. The molecule has 0 saturated carbocycles. The first-order valence-electron chi connectivity index (χ1n) is 9.71. The van der Waals surface area contributed by atoms with Crippen molar-refractivity contribution < 1.29 is 33.6 Å². The molecule has 162 valence electrons. The minimum atomic E-state index is -1.02. The monoisotopic (exact) mass is 416 g/mol. The minimum absolute atomic E-state index is 0.319.